The molecular weight excluding hydrogens is 328 g/mol. The molecule has 0 unspecified atom stereocenters. The number of amides is 1. The summed E-state index contributed by atoms with van der Waals surface area (Å²) in [6, 6.07) is 0. The summed E-state index contributed by atoms with van der Waals surface area (Å²) in [7, 11) is 3.97. The molecule has 3 heterocycles. The molecule has 1 aliphatic heterocycles. The number of carbonyl (C=O) groups excluding carboxylic acids is 1. The highest BCUT2D eigenvalue weighted by molar-refractivity contribution is 5.79. The lowest BCUT2D eigenvalue weighted by atomic mass is 9.92. The first-order valence-corrected chi connectivity index (χ1v) is 9.21. The van der Waals surface area contributed by atoms with Gasteiger partial charge in [0.25, 0.3) is 0 Å². The zero-order valence-electron chi connectivity index (χ0n) is 16.1. The van der Waals surface area contributed by atoms with Gasteiger partial charge in [0.05, 0.1) is 17.8 Å². The number of anilines is 1. The predicted molar refractivity (Wildman–Crippen MR) is 101 cm³/mol. The molecule has 0 bridgehead atoms. The molecule has 0 saturated carbocycles. The maximum atomic E-state index is 12.8. The lowest BCUT2D eigenvalue weighted by molar-refractivity contribution is -0.132. The van der Waals surface area contributed by atoms with E-state index in [1.54, 1.807) is 12.4 Å². The molecule has 2 aromatic rings. The van der Waals surface area contributed by atoms with E-state index in [-0.39, 0.29) is 5.91 Å². The van der Waals surface area contributed by atoms with E-state index in [2.05, 4.69) is 20.2 Å². The van der Waals surface area contributed by atoms with E-state index >= 15 is 0 Å². The lowest BCUT2D eigenvalue weighted by Crippen LogP contribution is -2.41. The van der Waals surface area contributed by atoms with Crippen LogP contribution in [0.2, 0.25) is 0 Å². The third-order valence-corrected chi connectivity index (χ3v) is 5.14. The van der Waals surface area contributed by atoms with Crippen LogP contribution in [-0.2, 0) is 17.6 Å². The van der Waals surface area contributed by atoms with Gasteiger partial charge in [-0.1, -0.05) is 0 Å². The molecule has 2 aromatic heterocycles. The first kappa shape index (κ1) is 18.4. The topological polar surface area (TPSA) is 78.0 Å². The van der Waals surface area contributed by atoms with Crippen molar-refractivity contribution in [3.8, 4) is 0 Å². The van der Waals surface area contributed by atoms with E-state index in [4.69, 9.17) is 0 Å². The van der Waals surface area contributed by atoms with E-state index in [9.17, 15) is 4.79 Å². The van der Waals surface area contributed by atoms with Crippen molar-refractivity contribution < 1.29 is 4.79 Å². The Kier molecular flexibility index (Phi) is 5.54. The number of aromatic nitrogens is 4. The van der Waals surface area contributed by atoms with Crippen LogP contribution >= 0.6 is 0 Å². The summed E-state index contributed by atoms with van der Waals surface area (Å²) in [5.74, 6) is 1.53. The Labute approximate surface area is 154 Å². The molecule has 3 rings (SSSR count). The molecule has 0 aliphatic carbocycles. The van der Waals surface area contributed by atoms with E-state index in [1.165, 1.54) is 0 Å². The van der Waals surface area contributed by atoms with Crippen LogP contribution in [0.4, 0.5) is 5.82 Å². The van der Waals surface area contributed by atoms with Gasteiger partial charge in [0, 0.05) is 50.8 Å². The maximum absolute atomic E-state index is 12.8. The lowest BCUT2D eigenvalue weighted by Gasteiger charge is -2.33. The van der Waals surface area contributed by atoms with Crippen molar-refractivity contribution in [3.05, 3.63) is 35.0 Å². The third kappa shape index (κ3) is 4.03. The molecule has 7 heteroatoms. The van der Waals surface area contributed by atoms with Gasteiger partial charge in [-0.25, -0.2) is 4.98 Å². The van der Waals surface area contributed by atoms with Crippen molar-refractivity contribution in [2.45, 2.75) is 39.5 Å². The van der Waals surface area contributed by atoms with Gasteiger partial charge >= 0.3 is 0 Å². The van der Waals surface area contributed by atoms with Crippen LogP contribution in [0, 0.1) is 19.8 Å². The van der Waals surface area contributed by atoms with Gasteiger partial charge in [-0.2, -0.15) is 5.10 Å². The summed E-state index contributed by atoms with van der Waals surface area (Å²) in [5, 5.41) is 7.16. The molecule has 26 heavy (non-hydrogen) atoms. The van der Waals surface area contributed by atoms with E-state index in [1.807, 2.05) is 37.7 Å². The van der Waals surface area contributed by atoms with Crippen LogP contribution in [0.5, 0.6) is 0 Å². The van der Waals surface area contributed by atoms with Crippen LogP contribution in [0.1, 0.15) is 35.5 Å². The van der Waals surface area contributed by atoms with Gasteiger partial charge in [-0.05, 0) is 39.0 Å². The maximum Gasteiger partial charge on any atom is 0.227 e. The zero-order chi connectivity index (χ0) is 18.7. The quantitative estimate of drug-likeness (QED) is 0.885. The first-order valence-electron chi connectivity index (χ1n) is 9.21. The molecular formula is C19H28N6O. The summed E-state index contributed by atoms with van der Waals surface area (Å²) >= 11 is 0. The van der Waals surface area contributed by atoms with E-state index < -0.39 is 0 Å². The van der Waals surface area contributed by atoms with Crippen LogP contribution in [-0.4, -0.2) is 58.2 Å². The standard InChI is InChI=1S/C19H28N6O/c1-13-16(14(2)23-22-13)11-18(26)25-9-5-6-15(12-25)10-17-19(24(3)4)21-8-7-20-17/h7-8,15H,5-6,9-12H2,1-4H3,(H,22,23)/t15-/m1/s1. The Hall–Kier alpha value is -2.44. The third-order valence-electron chi connectivity index (χ3n) is 5.14. The predicted octanol–water partition coefficient (Wildman–Crippen LogP) is 1.91. The Morgan fingerprint density at radius 1 is 1.31 bits per heavy atom. The fourth-order valence-corrected chi connectivity index (χ4v) is 3.71. The number of nitrogens with one attached hydrogen (secondary N) is 1. The Morgan fingerprint density at radius 2 is 2.08 bits per heavy atom. The average Bonchev–Trinajstić information content (AvgIpc) is 2.94. The van der Waals surface area contributed by atoms with Crippen molar-refractivity contribution >= 4 is 11.7 Å². The summed E-state index contributed by atoms with van der Waals surface area (Å²) in [5.41, 5.74) is 3.94. The SMILES string of the molecule is Cc1n[nH]c(C)c1CC(=O)N1CCC[C@H](Cc2nccnc2N(C)C)C1. The molecule has 7 nitrogen and oxygen atoms in total. The normalized spacial score (nSPS) is 17.4. The van der Waals surface area contributed by atoms with Gasteiger partial charge in [0.1, 0.15) is 5.82 Å². The van der Waals surface area contributed by atoms with Crippen molar-refractivity contribution in [2.24, 2.45) is 5.92 Å². The Morgan fingerprint density at radius 3 is 2.77 bits per heavy atom. The second-order valence-electron chi connectivity index (χ2n) is 7.36. The second kappa shape index (κ2) is 7.85. The number of carbonyl (C=O) groups is 1. The molecule has 0 radical (unpaired) electrons. The van der Waals surface area contributed by atoms with Gasteiger partial charge in [0.2, 0.25) is 5.91 Å². The molecule has 0 spiro atoms. The highest BCUT2D eigenvalue weighted by Crippen LogP contribution is 2.24. The van der Waals surface area contributed by atoms with Crippen LogP contribution < -0.4 is 4.90 Å². The average molecular weight is 356 g/mol. The molecule has 1 aliphatic rings. The van der Waals surface area contributed by atoms with Crippen molar-refractivity contribution in [3.63, 3.8) is 0 Å². The second-order valence-corrected chi connectivity index (χ2v) is 7.36. The van der Waals surface area contributed by atoms with Crippen LogP contribution in [0.25, 0.3) is 0 Å². The minimum Gasteiger partial charge on any atom is -0.361 e. The Bertz CT molecular complexity index is 750. The van der Waals surface area contributed by atoms with Crippen molar-refractivity contribution in [2.75, 3.05) is 32.1 Å². The van der Waals surface area contributed by atoms with Crippen molar-refractivity contribution in [1.29, 1.82) is 0 Å². The number of nitrogens with zero attached hydrogens (tertiary/aromatic N) is 5. The fraction of sp³-hybridized carbons (Fsp3) is 0.579. The van der Waals surface area contributed by atoms with Gasteiger partial charge in [-0.3, -0.25) is 14.9 Å². The first-order chi connectivity index (χ1) is 12.5. The highest BCUT2D eigenvalue weighted by atomic mass is 16.2. The van der Waals surface area contributed by atoms with Gasteiger partial charge in [0.15, 0.2) is 0 Å². The molecule has 0 aromatic carbocycles. The van der Waals surface area contributed by atoms with Gasteiger partial charge in [-0.15, -0.1) is 0 Å². The van der Waals surface area contributed by atoms with E-state index in [0.29, 0.717) is 12.3 Å². The van der Waals surface area contributed by atoms with Crippen molar-refractivity contribution in [1.82, 2.24) is 25.1 Å². The largest absolute Gasteiger partial charge is 0.361 e. The molecule has 1 N–H and O–H groups in total. The molecule has 140 valence electrons. The monoisotopic (exact) mass is 356 g/mol. The Balaban J connectivity index is 1.65. The number of hydrogen-bond donors (Lipinski definition) is 1. The summed E-state index contributed by atoms with van der Waals surface area (Å²) in [6.45, 7) is 5.55. The number of aryl methyl sites for hydroxylation is 2. The molecule has 1 saturated heterocycles. The number of piperidine rings is 1. The fourth-order valence-electron chi connectivity index (χ4n) is 3.71. The summed E-state index contributed by atoms with van der Waals surface area (Å²) in [4.78, 5) is 25.8. The minimum atomic E-state index is 0.189. The number of rotatable bonds is 5. The molecule has 1 atom stereocenters. The summed E-state index contributed by atoms with van der Waals surface area (Å²) < 4.78 is 0. The number of hydrogen-bond acceptors (Lipinski definition) is 5. The smallest absolute Gasteiger partial charge is 0.227 e. The number of H-pyrrole nitrogens is 1. The highest BCUT2D eigenvalue weighted by Gasteiger charge is 2.26. The number of aromatic amines is 1. The van der Waals surface area contributed by atoms with Crippen LogP contribution in [0.3, 0.4) is 0 Å². The number of likely N-dealkylation sites (tertiary alicyclic amines) is 1. The van der Waals surface area contributed by atoms with Crippen LogP contribution in [0.15, 0.2) is 12.4 Å². The van der Waals surface area contributed by atoms with Gasteiger partial charge < -0.3 is 9.80 Å². The zero-order valence-corrected chi connectivity index (χ0v) is 16.1. The summed E-state index contributed by atoms with van der Waals surface area (Å²) in [6.07, 6.45) is 6.92. The van der Waals surface area contributed by atoms with E-state index in [0.717, 1.165) is 60.8 Å². The molecule has 1 fully saturated rings. The minimum absolute atomic E-state index is 0.189. The molecule has 1 amide bonds.